The summed E-state index contributed by atoms with van der Waals surface area (Å²) in [5.74, 6) is 1.18. The van der Waals surface area contributed by atoms with E-state index in [1.807, 2.05) is 36.6 Å². The van der Waals surface area contributed by atoms with E-state index in [0.717, 1.165) is 35.6 Å². The predicted molar refractivity (Wildman–Crippen MR) is 79.3 cm³/mol. The summed E-state index contributed by atoms with van der Waals surface area (Å²) in [5.41, 5.74) is 2.77. The molecule has 1 aromatic carbocycles. The van der Waals surface area contributed by atoms with Crippen molar-refractivity contribution in [2.24, 2.45) is 0 Å². The van der Waals surface area contributed by atoms with E-state index in [9.17, 15) is 5.26 Å². The number of rotatable bonds is 3. The smallest absolute Gasteiger partial charge is 0.237 e. The van der Waals surface area contributed by atoms with Gasteiger partial charge in [0.05, 0.1) is 0 Å². The van der Waals surface area contributed by atoms with Crippen molar-refractivity contribution < 1.29 is 4.74 Å². The molecule has 20 heavy (non-hydrogen) atoms. The van der Waals surface area contributed by atoms with Gasteiger partial charge >= 0.3 is 0 Å². The Morgan fingerprint density at radius 1 is 1.30 bits per heavy atom. The first kappa shape index (κ1) is 13.0. The molecular formula is C16H14N2OS. The van der Waals surface area contributed by atoms with E-state index in [1.54, 1.807) is 11.8 Å². The fourth-order valence-corrected chi connectivity index (χ4v) is 2.94. The van der Waals surface area contributed by atoms with Crippen LogP contribution in [0.4, 0.5) is 0 Å². The number of fused-ring (bicyclic) bond motifs is 1. The Bertz CT molecular complexity index is 691. The molecule has 4 heteroatoms. The van der Waals surface area contributed by atoms with Gasteiger partial charge in [0.25, 0.3) is 0 Å². The summed E-state index contributed by atoms with van der Waals surface area (Å²) in [7, 11) is 0. The number of para-hydroxylation sites is 1. The molecule has 0 saturated carbocycles. The molecule has 1 heterocycles. The normalized spacial score (nSPS) is 12.8. The predicted octanol–water partition coefficient (Wildman–Crippen LogP) is 3.96. The Balaban J connectivity index is 2.00. The van der Waals surface area contributed by atoms with Crippen molar-refractivity contribution in [3.63, 3.8) is 0 Å². The van der Waals surface area contributed by atoms with Crippen molar-refractivity contribution in [3.8, 4) is 17.7 Å². The molecule has 0 bridgehead atoms. The van der Waals surface area contributed by atoms with Crippen molar-refractivity contribution in [2.75, 3.05) is 6.26 Å². The fraction of sp³-hybridized carbons (Fsp3) is 0.250. The van der Waals surface area contributed by atoms with E-state index < -0.39 is 0 Å². The van der Waals surface area contributed by atoms with Crippen LogP contribution < -0.4 is 4.74 Å². The van der Waals surface area contributed by atoms with Crippen LogP contribution in [-0.4, -0.2) is 11.2 Å². The molecule has 0 spiro atoms. The van der Waals surface area contributed by atoms with Crippen molar-refractivity contribution in [2.45, 2.75) is 24.2 Å². The molecule has 0 atom stereocenters. The van der Waals surface area contributed by atoms with Gasteiger partial charge in [-0.15, -0.1) is 11.8 Å². The molecular weight excluding hydrogens is 268 g/mol. The maximum atomic E-state index is 9.28. The second-order valence-corrected chi connectivity index (χ2v) is 5.51. The second kappa shape index (κ2) is 5.56. The topological polar surface area (TPSA) is 45.9 Å². The van der Waals surface area contributed by atoms with Gasteiger partial charge < -0.3 is 4.74 Å². The highest BCUT2D eigenvalue weighted by Crippen LogP contribution is 2.33. The first-order chi connectivity index (χ1) is 9.81. The molecule has 0 radical (unpaired) electrons. The lowest BCUT2D eigenvalue weighted by atomic mass is 10.1. The molecule has 0 N–H and O–H groups in total. The van der Waals surface area contributed by atoms with Crippen LogP contribution in [0.2, 0.25) is 0 Å². The zero-order valence-corrected chi connectivity index (χ0v) is 12.0. The molecule has 0 amide bonds. The second-order valence-electron chi connectivity index (χ2n) is 4.67. The van der Waals surface area contributed by atoms with Crippen LogP contribution in [0.3, 0.4) is 0 Å². The average molecular weight is 282 g/mol. The molecule has 0 saturated heterocycles. The van der Waals surface area contributed by atoms with Crippen molar-refractivity contribution in [1.29, 1.82) is 5.26 Å². The van der Waals surface area contributed by atoms with Crippen molar-refractivity contribution >= 4 is 11.8 Å². The van der Waals surface area contributed by atoms with Gasteiger partial charge in [-0.2, -0.15) is 5.26 Å². The molecule has 3 nitrogen and oxygen atoms in total. The van der Waals surface area contributed by atoms with Crippen LogP contribution in [0.25, 0.3) is 0 Å². The first-order valence-electron chi connectivity index (χ1n) is 6.55. The molecule has 0 unspecified atom stereocenters. The molecule has 1 aliphatic carbocycles. The minimum Gasteiger partial charge on any atom is -0.436 e. The van der Waals surface area contributed by atoms with E-state index >= 15 is 0 Å². The third-order valence-electron chi connectivity index (χ3n) is 3.41. The lowest BCUT2D eigenvalue weighted by Gasteiger charge is -2.11. The minimum absolute atomic E-state index is 0.426. The Morgan fingerprint density at radius 2 is 2.15 bits per heavy atom. The molecule has 1 aromatic heterocycles. The van der Waals surface area contributed by atoms with Crippen LogP contribution in [0.15, 0.2) is 35.2 Å². The van der Waals surface area contributed by atoms with Crippen LogP contribution in [0, 0.1) is 11.3 Å². The maximum Gasteiger partial charge on any atom is 0.237 e. The van der Waals surface area contributed by atoms with Crippen LogP contribution >= 0.6 is 11.8 Å². The highest BCUT2D eigenvalue weighted by molar-refractivity contribution is 7.98. The number of nitriles is 1. The monoisotopic (exact) mass is 282 g/mol. The van der Waals surface area contributed by atoms with Gasteiger partial charge in [0.2, 0.25) is 5.88 Å². The number of ether oxygens (including phenoxy) is 1. The first-order valence-corrected chi connectivity index (χ1v) is 7.78. The molecule has 0 aliphatic heterocycles. The third kappa shape index (κ3) is 2.37. The van der Waals surface area contributed by atoms with Gasteiger partial charge in [0, 0.05) is 10.6 Å². The number of aromatic nitrogens is 1. The zero-order chi connectivity index (χ0) is 13.9. The number of hydrogen-bond acceptors (Lipinski definition) is 4. The molecule has 100 valence electrons. The van der Waals surface area contributed by atoms with Crippen LogP contribution in [0.1, 0.15) is 23.2 Å². The van der Waals surface area contributed by atoms with E-state index in [1.165, 1.54) is 5.56 Å². The summed E-state index contributed by atoms with van der Waals surface area (Å²) in [5, 5.41) is 9.28. The lowest BCUT2D eigenvalue weighted by Crippen LogP contribution is -1.97. The van der Waals surface area contributed by atoms with Crippen molar-refractivity contribution in [3.05, 3.63) is 47.2 Å². The maximum absolute atomic E-state index is 9.28. The SMILES string of the molecule is CSc1ccccc1Oc1nc2c(cc1C#N)CCC2. The Kier molecular flexibility index (Phi) is 3.62. The summed E-state index contributed by atoms with van der Waals surface area (Å²) >= 11 is 1.62. The Hall–Kier alpha value is -1.99. The third-order valence-corrected chi connectivity index (χ3v) is 4.19. The summed E-state index contributed by atoms with van der Waals surface area (Å²) < 4.78 is 5.89. The molecule has 1 aliphatic rings. The Labute approximate surface area is 122 Å². The average Bonchev–Trinajstić information content (AvgIpc) is 2.94. The highest BCUT2D eigenvalue weighted by Gasteiger charge is 2.18. The van der Waals surface area contributed by atoms with Gasteiger partial charge in [0.1, 0.15) is 17.4 Å². The number of pyridine rings is 1. The van der Waals surface area contributed by atoms with Gasteiger partial charge in [-0.3, -0.25) is 0 Å². The Morgan fingerprint density at radius 3 is 2.95 bits per heavy atom. The van der Waals surface area contributed by atoms with E-state index in [2.05, 4.69) is 11.1 Å². The summed E-state index contributed by atoms with van der Waals surface area (Å²) in [6.45, 7) is 0. The van der Waals surface area contributed by atoms with Crippen LogP contribution in [-0.2, 0) is 12.8 Å². The molecule has 3 rings (SSSR count). The summed E-state index contributed by atoms with van der Waals surface area (Å²) in [4.78, 5) is 5.58. The summed E-state index contributed by atoms with van der Waals surface area (Å²) in [6, 6.07) is 11.9. The lowest BCUT2D eigenvalue weighted by molar-refractivity contribution is 0.449. The fourth-order valence-electron chi connectivity index (χ4n) is 2.42. The van der Waals surface area contributed by atoms with Gasteiger partial charge in [-0.05, 0) is 49.3 Å². The van der Waals surface area contributed by atoms with E-state index in [4.69, 9.17) is 4.74 Å². The largest absolute Gasteiger partial charge is 0.436 e. The standard InChI is InChI=1S/C16H14N2OS/c1-20-15-8-3-2-7-14(15)19-16-12(10-17)9-11-5-4-6-13(11)18-16/h2-3,7-9H,4-6H2,1H3. The van der Waals surface area contributed by atoms with E-state index in [-0.39, 0.29) is 0 Å². The van der Waals surface area contributed by atoms with Crippen molar-refractivity contribution in [1.82, 2.24) is 4.98 Å². The quantitative estimate of drug-likeness (QED) is 0.799. The number of aryl methyl sites for hydroxylation is 2. The van der Waals surface area contributed by atoms with Crippen LogP contribution in [0.5, 0.6) is 11.6 Å². The zero-order valence-electron chi connectivity index (χ0n) is 11.2. The van der Waals surface area contributed by atoms with Gasteiger partial charge in [0.15, 0.2) is 0 Å². The van der Waals surface area contributed by atoms with Gasteiger partial charge in [-0.1, -0.05) is 12.1 Å². The highest BCUT2D eigenvalue weighted by atomic mass is 32.2. The summed E-state index contributed by atoms with van der Waals surface area (Å²) in [6.07, 6.45) is 5.10. The number of hydrogen-bond donors (Lipinski definition) is 0. The molecule has 0 fully saturated rings. The molecule has 2 aromatic rings. The minimum atomic E-state index is 0.426. The van der Waals surface area contributed by atoms with Gasteiger partial charge in [-0.25, -0.2) is 4.98 Å². The number of thioether (sulfide) groups is 1. The number of benzene rings is 1. The number of nitrogens with zero attached hydrogens (tertiary/aromatic N) is 2. The van der Waals surface area contributed by atoms with E-state index in [0.29, 0.717) is 11.4 Å².